The molecule has 0 N–H and O–H groups in total. The Kier molecular flexibility index (Phi) is 7.72. The van der Waals surface area contributed by atoms with E-state index in [9.17, 15) is 26.4 Å². The van der Waals surface area contributed by atoms with Crippen LogP contribution in [0.1, 0.15) is 30.1 Å². The number of hydrogen-bond acceptors (Lipinski definition) is 4. The Morgan fingerprint density at radius 3 is 2.50 bits per heavy atom. The van der Waals surface area contributed by atoms with Gasteiger partial charge in [-0.2, -0.15) is 17.5 Å². The summed E-state index contributed by atoms with van der Waals surface area (Å²) in [5, 5.41) is -0.0982. The van der Waals surface area contributed by atoms with Crippen LogP contribution >= 0.6 is 11.6 Å². The van der Waals surface area contributed by atoms with Crippen LogP contribution in [0.4, 0.5) is 13.2 Å². The van der Waals surface area contributed by atoms with E-state index in [-0.39, 0.29) is 48.3 Å². The van der Waals surface area contributed by atoms with Gasteiger partial charge < -0.3 is 9.64 Å². The summed E-state index contributed by atoms with van der Waals surface area (Å²) in [7, 11) is -4.00. The van der Waals surface area contributed by atoms with Crippen molar-refractivity contribution in [2.75, 3.05) is 39.4 Å². The number of nitrogens with zero attached hydrogens (tertiary/aromatic N) is 2. The Labute approximate surface area is 167 Å². The Hall–Kier alpha value is -1.36. The third kappa shape index (κ3) is 5.82. The van der Waals surface area contributed by atoms with Crippen LogP contribution in [0.3, 0.4) is 0 Å². The molecule has 1 aliphatic rings. The van der Waals surface area contributed by atoms with Gasteiger partial charge in [-0.15, -0.1) is 0 Å². The largest absolute Gasteiger partial charge is 0.406 e. The lowest BCUT2D eigenvalue weighted by molar-refractivity contribution is -0.140. The molecule has 1 amide bonds. The maximum absolute atomic E-state index is 12.9. The summed E-state index contributed by atoms with van der Waals surface area (Å²) in [4.78, 5) is 13.0. The molecule has 0 radical (unpaired) electrons. The smallest absolute Gasteiger partial charge is 0.379 e. The second kappa shape index (κ2) is 9.43. The Morgan fingerprint density at radius 2 is 1.93 bits per heavy atom. The van der Waals surface area contributed by atoms with Gasteiger partial charge >= 0.3 is 6.18 Å². The summed E-state index contributed by atoms with van der Waals surface area (Å²) in [6.07, 6.45) is -3.55. The van der Waals surface area contributed by atoms with E-state index in [1.807, 2.05) is 0 Å². The van der Waals surface area contributed by atoms with Crippen LogP contribution in [0.15, 0.2) is 23.1 Å². The average molecular weight is 443 g/mol. The summed E-state index contributed by atoms with van der Waals surface area (Å²) >= 11 is 6.03. The molecule has 0 unspecified atom stereocenters. The molecule has 1 aromatic rings. The summed E-state index contributed by atoms with van der Waals surface area (Å²) in [6, 6.07) is 3.50. The van der Waals surface area contributed by atoms with E-state index in [1.165, 1.54) is 16.4 Å². The number of alkyl halides is 3. The number of morpholine rings is 1. The number of sulfonamides is 1. The number of ether oxygens (including phenoxy) is 1. The van der Waals surface area contributed by atoms with Crippen molar-refractivity contribution in [1.82, 2.24) is 9.21 Å². The van der Waals surface area contributed by atoms with Gasteiger partial charge in [-0.05, 0) is 24.6 Å². The Balaban J connectivity index is 2.35. The molecule has 0 spiro atoms. The lowest BCUT2D eigenvalue weighted by Gasteiger charge is -2.27. The highest BCUT2D eigenvalue weighted by Crippen LogP contribution is 2.27. The van der Waals surface area contributed by atoms with Crippen LogP contribution < -0.4 is 0 Å². The first-order valence-electron chi connectivity index (χ1n) is 8.79. The van der Waals surface area contributed by atoms with Gasteiger partial charge in [-0.1, -0.05) is 24.9 Å². The van der Waals surface area contributed by atoms with Gasteiger partial charge in [0.15, 0.2) is 0 Å². The van der Waals surface area contributed by atoms with Crippen molar-refractivity contribution in [2.24, 2.45) is 0 Å². The number of carbonyl (C=O) groups excluding carboxylic acids is 1. The quantitative estimate of drug-likeness (QED) is 0.650. The van der Waals surface area contributed by atoms with Crippen LogP contribution in [0.25, 0.3) is 0 Å². The Bertz CT molecular complexity index is 796. The maximum Gasteiger partial charge on any atom is 0.406 e. The highest BCUT2D eigenvalue weighted by molar-refractivity contribution is 7.89. The molecule has 158 valence electrons. The minimum atomic E-state index is -4.56. The van der Waals surface area contributed by atoms with Crippen molar-refractivity contribution in [1.29, 1.82) is 0 Å². The van der Waals surface area contributed by atoms with Crippen LogP contribution in [0, 0.1) is 0 Å². The monoisotopic (exact) mass is 442 g/mol. The topological polar surface area (TPSA) is 66.9 Å². The van der Waals surface area contributed by atoms with Gasteiger partial charge in [-0.25, -0.2) is 8.42 Å². The molecule has 11 heteroatoms. The van der Waals surface area contributed by atoms with Gasteiger partial charge in [0.2, 0.25) is 10.0 Å². The first-order chi connectivity index (χ1) is 13.1. The summed E-state index contributed by atoms with van der Waals surface area (Å²) in [6.45, 7) is 1.04. The van der Waals surface area contributed by atoms with Crippen LogP contribution in [-0.4, -0.2) is 69.1 Å². The van der Waals surface area contributed by atoms with E-state index < -0.39 is 28.7 Å². The molecule has 0 bridgehead atoms. The molecule has 0 aliphatic carbocycles. The highest BCUT2D eigenvalue weighted by atomic mass is 35.5. The minimum Gasteiger partial charge on any atom is -0.379 e. The van der Waals surface area contributed by atoms with Crippen molar-refractivity contribution < 1.29 is 31.1 Å². The number of halogens is 4. The third-order valence-corrected chi connectivity index (χ3v) is 6.59. The van der Waals surface area contributed by atoms with Gasteiger partial charge in [0.05, 0.1) is 18.2 Å². The third-order valence-electron chi connectivity index (χ3n) is 4.20. The van der Waals surface area contributed by atoms with Crippen molar-refractivity contribution in [3.05, 3.63) is 28.8 Å². The number of hydrogen-bond donors (Lipinski definition) is 0. The Morgan fingerprint density at radius 1 is 1.29 bits per heavy atom. The fourth-order valence-electron chi connectivity index (χ4n) is 2.76. The number of rotatable bonds is 7. The zero-order valence-corrected chi connectivity index (χ0v) is 16.9. The van der Waals surface area contributed by atoms with Gasteiger partial charge in [0.25, 0.3) is 5.91 Å². The first-order valence-corrected chi connectivity index (χ1v) is 10.6. The lowest BCUT2D eigenvalue weighted by Crippen LogP contribution is -2.41. The summed E-state index contributed by atoms with van der Waals surface area (Å²) in [5.41, 5.74) is -0.156. The zero-order chi connectivity index (χ0) is 20.9. The molecule has 1 aliphatic heterocycles. The number of amides is 1. The molecule has 1 aromatic carbocycles. The van der Waals surface area contributed by atoms with E-state index in [1.54, 1.807) is 6.92 Å². The normalized spacial score (nSPS) is 16.2. The lowest BCUT2D eigenvalue weighted by atomic mass is 10.2. The van der Waals surface area contributed by atoms with Crippen LogP contribution in [0.5, 0.6) is 0 Å². The van der Waals surface area contributed by atoms with Crippen molar-refractivity contribution in [3.8, 4) is 0 Å². The van der Waals surface area contributed by atoms with E-state index in [4.69, 9.17) is 16.3 Å². The number of benzene rings is 1. The number of unbranched alkanes of at least 4 members (excludes halogenated alkanes) is 1. The van der Waals surface area contributed by atoms with Crippen LogP contribution in [0.2, 0.25) is 5.02 Å². The maximum atomic E-state index is 12.9. The zero-order valence-electron chi connectivity index (χ0n) is 15.3. The molecule has 1 saturated heterocycles. The second-order valence-corrected chi connectivity index (χ2v) is 8.67. The van der Waals surface area contributed by atoms with Crippen LogP contribution in [-0.2, 0) is 14.8 Å². The van der Waals surface area contributed by atoms with Gasteiger partial charge in [-0.3, -0.25) is 4.79 Å². The number of carbonyl (C=O) groups is 1. The van der Waals surface area contributed by atoms with E-state index in [0.717, 1.165) is 6.07 Å². The summed E-state index contributed by atoms with van der Waals surface area (Å²) in [5.74, 6) is -0.888. The molecule has 28 heavy (non-hydrogen) atoms. The molecule has 0 saturated carbocycles. The predicted octanol–water partition coefficient (Wildman–Crippen LogP) is 3.17. The molecule has 1 heterocycles. The molecule has 0 aromatic heterocycles. The predicted molar refractivity (Wildman–Crippen MR) is 97.9 cm³/mol. The van der Waals surface area contributed by atoms with Crippen molar-refractivity contribution in [2.45, 2.75) is 30.8 Å². The standard InChI is InChI=1S/C17H22ClF3N2O4S/c1-2-3-6-22(12-17(19,20)21)16(24)13-4-5-14(18)15(11-13)28(25,26)23-7-9-27-10-8-23/h4-5,11H,2-3,6-10,12H2,1H3. The molecule has 2 rings (SSSR count). The van der Waals surface area contributed by atoms with E-state index >= 15 is 0 Å². The van der Waals surface area contributed by atoms with Gasteiger partial charge in [0, 0.05) is 25.2 Å². The fourth-order valence-corrected chi connectivity index (χ4v) is 4.67. The van der Waals surface area contributed by atoms with Crippen molar-refractivity contribution in [3.63, 3.8) is 0 Å². The molecule has 1 fully saturated rings. The summed E-state index contributed by atoms with van der Waals surface area (Å²) < 4.78 is 70.5. The fraction of sp³-hybridized carbons (Fsp3) is 0.588. The van der Waals surface area contributed by atoms with Gasteiger partial charge in [0.1, 0.15) is 11.4 Å². The molecule has 0 atom stereocenters. The molecule has 6 nitrogen and oxygen atoms in total. The average Bonchev–Trinajstić information content (AvgIpc) is 2.64. The minimum absolute atomic E-state index is 0.0803. The van der Waals surface area contributed by atoms with E-state index in [0.29, 0.717) is 17.7 Å². The van der Waals surface area contributed by atoms with E-state index in [2.05, 4.69) is 0 Å². The SMILES string of the molecule is CCCCN(CC(F)(F)F)C(=O)c1ccc(Cl)c(S(=O)(=O)N2CCOCC2)c1. The first kappa shape index (κ1) is 22.9. The highest BCUT2D eigenvalue weighted by Gasteiger charge is 2.34. The second-order valence-electron chi connectivity index (χ2n) is 6.36. The molecular weight excluding hydrogens is 421 g/mol. The van der Waals surface area contributed by atoms with Crippen molar-refractivity contribution >= 4 is 27.5 Å². The molecular formula is C17H22ClF3N2O4S.